The zero-order valence-corrected chi connectivity index (χ0v) is 10.0. The lowest BCUT2D eigenvalue weighted by Gasteiger charge is -2.10. The smallest absolute Gasteiger partial charge is 0.293 e. The Morgan fingerprint density at radius 2 is 1.85 bits per heavy atom. The number of anilines is 1. The fraction of sp³-hybridized carbons (Fsp3) is 0.182. The van der Waals surface area contributed by atoms with Crippen molar-refractivity contribution in [1.29, 1.82) is 0 Å². The minimum absolute atomic E-state index is 0.211. The molecule has 0 saturated carbocycles. The minimum atomic E-state index is -4.65. The molecule has 20 heavy (non-hydrogen) atoms. The Morgan fingerprint density at radius 1 is 1.15 bits per heavy atom. The summed E-state index contributed by atoms with van der Waals surface area (Å²) < 4.78 is 35.9. The van der Waals surface area contributed by atoms with Crippen molar-refractivity contribution in [3.8, 4) is 0 Å². The molecule has 106 valence electrons. The first-order valence-corrected chi connectivity index (χ1v) is 5.53. The number of hydrazine groups is 1. The monoisotopic (exact) mass is 285 g/mol. The molecule has 0 atom stereocenters. The Balaban J connectivity index is 2.14. The second kappa shape index (κ2) is 5.70. The predicted molar refractivity (Wildman–Crippen MR) is 64.7 cm³/mol. The summed E-state index contributed by atoms with van der Waals surface area (Å²) in [6.07, 6.45) is -4.37. The third-order valence-electron chi connectivity index (χ3n) is 2.23. The molecule has 0 fully saturated rings. The van der Waals surface area contributed by atoms with Crippen LogP contribution in [-0.4, -0.2) is 21.3 Å². The standard InChI is InChI=1S/C11H10F3N5O/c12-11(13,14)19-18-9-15-8(16-10(20)17-9)6-7-4-2-1-3-5-7/h1-5,19H,6H2,(H2,15,16,17,18,20). The summed E-state index contributed by atoms with van der Waals surface area (Å²) in [6, 6.07) is 9.05. The molecule has 0 spiro atoms. The fourth-order valence-corrected chi connectivity index (χ4v) is 1.48. The number of aromatic nitrogens is 3. The van der Waals surface area contributed by atoms with Crippen LogP contribution in [0.3, 0.4) is 0 Å². The van der Waals surface area contributed by atoms with Crippen LogP contribution < -0.4 is 16.5 Å². The SMILES string of the molecule is O=c1nc(NNC(F)(F)F)nc(Cc2ccccc2)[nH]1. The highest BCUT2D eigenvalue weighted by Crippen LogP contribution is 2.09. The fourth-order valence-electron chi connectivity index (χ4n) is 1.48. The highest BCUT2D eigenvalue weighted by atomic mass is 19.4. The quantitative estimate of drug-likeness (QED) is 0.580. The lowest BCUT2D eigenvalue weighted by Crippen LogP contribution is -2.38. The van der Waals surface area contributed by atoms with Gasteiger partial charge in [0, 0.05) is 6.42 Å². The molecule has 1 heterocycles. The maximum Gasteiger partial charge on any atom is 0.474 e. The van der Waals surface area contributed by atoms with Crippen LogP contribution in [0.4, 0.5) is 19.1 Å². The number of hydrogen-bond acceptors (Lipinski definition) is 5. The minimum Gasteiger partial charge on any atom is -0.293 e. The van der Waals surface area contributed by atoms with Crippen LogP contribution in [-0.2, 0) is 6.42 Å². The van der Waals surface area contributed by atoms with Crippen molar-refractivity contribution in [3.63, 3.8) is 0 Å². The highest BCUT2D eigenvalue weighted by molar-refractivity contribution is 5.24. The van der Waals surface area contributed by atoms with Gasteiger partial charge in [-0.05, 0) is 5.56 Å². The number of hydrogen-bond donors (Lipinski definition) is 3. The van der Waals surface area contributed by atoms with E-state index in [4.69, 9.17) is 0 Å². The van der Waals surface area contributed by atoms with Crippen LogP contribution >= 0.6 is 0 Å². The van der Waals surface area contributed by atoms with E-state index in [-0.39, 0.29) is 12.2 Å². The van der Waals surface area contributed by atoms with Crippen molar-refractivity contribution in [2.45, 2.75) is 12.7 Å². The zero-order valence-electron chi connectivity index (χ0n) is 10.0. The van der Waals surface area contributed by atoms with Crippen molar-refractivity contribution in [1.82, 2.24) is 20.4 Å². The molecule has 1 aromatic heterocycles. The van der Waals surface area contributed by atoms with Crippen molar-refractivity contribution in [2.75, 3.05) is 5.43 Å². The lowest BCUT2D eigenvalue weighted by molar-refractivity contribution is -0.151. The highest BCUT2D eigenvalue weighted by Gasteiger charge is 2.27. The Labute approximate surface area is 111 Å². The van der Waals surface area contributed by atoms with Crippen molar-refractivity contribution in [3.05, 3.63) is 52.2 Å². The van der Waals surface area contributed by atoms with E-state index in [0.29, 0.717) is 0 Å². The van der Waals surface area contributed by atoms with E-state index in [1.165, 1.54) is 0 Å². The van der Waals surface area contributed by atoms with Crippen molar-refractivity contribution >= 4 is 5.95 Å². The Bertz CT molecular complexity index is 626. The van der Waals surface area contributed by atoms with E-state index in [1.807, 2.05) is 18.2 Å². The van der Waals surface area contributed by atoms with Gasteiger partial charge >= 0.3 is 12.0 Å². The topological polar surface area (TPSA) is 82.7 Å². The van der Waals surface area contributed by atoms with Crippen LogP contribution in [0.5, 0.6) is 0 Å². The zero-order chi connectivity index (χ0) is 14.6. The molecule has 6 nitrogen and oxygen atoms in total. The van der Waals surface area contributed by atoms with E-state index >= 15 is 0 Å². The largest absolute Gasteiger partial charge is 0.474 e. The van der Waals surface area contributed by atoms with Crippen molar-refractivity contribution < 1.29 is 13.2 Å². The van der Waals surface area contributed by atoms with E-state index in [2.05, 4.69) is 15.0 Å². The number of rotatable bonds is 4. The van der Waals surface area contributed by atoms with Crippen LogP contribution in [0, 0.1) is 0 Å². The molecule has 2 aromatic rings. The molecular weight excluding hydrogens is 275 g/mol. The third-order valence-corrected chi connectivity index (χ3v) is 2.23. The van der Waals surface area contributed by atoms with Gasteiger partial charge in [0.2, 0.25) is 5.95 Å². The van der Waals surface area contributed by atoms with E-state index in [0.717, 1.165) is 11.0 Å². The number of halogens is 3. The Morgan fingerprint density at radius 3 is 2.50 bits per heavy atom. The van der Waals surface area contributed by atoms with Gasteiger partial charge in [-0.3, -0.25) is 10.4 Å². The summed E-state index contributed by atoms with van der Waals surface area (Å²) in [4.78, 5) is 20.7. The molecule has 1 aromatic carbocycles. The van der Waals surface area contributed by atoms with Gasteiger partial charge in [0.15, 0.2) is 0 Å². The molecule has 0 unspecified atom stereocenters. The van der Waals surface area contributed by atoms with E-state index in [1.54, 1.807) is 17.6 Å². The molecule has 0 aliphatic rings. The molecule has 0 aliphatic heterocycles. The number of nitrogens with zero attached hydrogens (tertiary/aromatic N) is 2. The molecule has 0 amide bonds. The average Bonchev–Trinajstić information content (AvgIpc) is 2.36. The van der Waals surface area contributed by atoms with Crippen LogP contribution in [0.15, 0.2) is 35.1 Å². The predicted octanol–water partition coefficient (Wildman–Crippen LogP) is 1.19. The maximum absolute atomic E-state index is 12.0. The first-order chi connectivity index (χ1) is 9.42. The first-order valence-electron chi connectivity index (χ1n) is 5.53. The molecular formula is C11H10F3N5O. The molecule has 0 saturated heterocycles. The summed E-state index contributed by atoms with van der Waals surface area (Å²) in [5, 5.41) is 0. The maximum atomic E-state index is 12.0. The third kappa shape index (κ3) is 4.35. The summed E-state index contributed by atoms with van der Waals surface area (Å²) in [6.45, 7) is 0. The molecule has 2 rings (SSSR count). The Hall–Kier alpha value is -2.42. The first kappa shape index (κ1) is 14.0. The summed E-state index contributed by atoms with van der Waals surface area (Å²) in [5.74, 6) is -0.236. The molecule has 9 heteroatoms. The second-order valence-electron chi connectivity index (χ2n) is 3.83. The molecule has 0 bridgehead atoms. The average molecular weight is 285 g/mol. The van der Waals surface area contributed by atoms with Gasteiger partial charge in [0.1, 0.15) is 5.82 Å². The summed E-state index contributed by atoms with van der Waals surface area (Å²) in [5.41, 5.74) is 2.84. The lowest BCUT2D eigenvalue weighted by atomic mass is 10.1. The van der Waals surface area contributed by atoms with E-state index < -0.39 is 17.9 Å². The number of alkyl halides is 3. The van der Waals surface area contributed by atoms with Crippen LogP contribution in [0.25, 0.3) is 0 Å². The van der Waals surface area contributed by atoms with Gasteiger partial charge in [-0.25, -0.2) is 4.79 Å². The van der Waals surface area contributed by atoms with Gasteiger partial charge in [-0.1, -0.05) is 30.3 Å². The number of nitrogens with one attached hydrogen (secondary N) is 3. The van der Waals surface area contributed by atoms with Gasteiger partial charge in [0.25, 0.3) is 0 Å². The molecule has 0 aliphatic carbocycles. The van der Waals surface area contributed by atoms with Gasteiger partial charge in [0.05, 0.1) is 0 Å². The second-order valence-corrected chi connectivity index (χ2v) is 3.83. The Kier molecular flexibility index (Phi) is 3.99. The van der Waals surface area contributed by atoms with Gasteiger partial charge < -0.3 is 0 Å². The number of H-pyrrole nitrogens is 1. The number of aromatic amines is 1. The summed E-state index contributed by atoms with van der Waals surface area (Å²) >= 11 is 0. The van der Waals surface area contributed by atoms with E-state index in [9.17, 15) is 18.0 Å². The van der Waals surface area contributed by atoms with Crippen LogP contribution in [0.1, 0.15) is 11.4 Å². The summed E-state index contributed by atoms with van der Waals surface area (Å²) in [7, 11) is 0. The van der Waals surface area contributed by atoms with Gasteiger partial charge in [-0.15, -0.1) is 5.43 Å². The van der Waals surface area contributed by atoms with Gasteiger partial charge in [-0.2, -0.15) is 23.1 Å². The molecule has 0 radical (unpaired) electrons. The number of benzene rings is 1. The molecule has 3 N–H and O–H groups in total. The normalized spacial score (nSPS) is 11.3. The van der Waals surface area contributed by atoms with Crippen LogP contribution in [0.2, 0.25) is 0 Å². The van der Waals surface area contributed by atoms with Crippen molar-refractivity contribution in [2.24, 2.45) is 0 Å².